The van der Waals surface area contributed by atoms with Crippen LogP contribution in [0.15, 0.2) is 12.2 Å². The fourth-order valence-corrected chi connectivity index (χ4v) is 2.39. The average Bonchev–Trinajstić information content (AvgIpc) is 2.52. The molecule has 0 radical (unpaired) electrons. The van der Waals surface area contributed by atoms with Gasteiger partial charge in [-0.2, -0.15) is 0 Å². The molecular formula is C12H18O2. The molecule has 2 rings (SSSR count). The highest BCUT2D eigenvalue weighted by Crippen LogP contribution is 2.30. The van der Waals surface area contributed by atoms with Crippen LogP contribution >= 0.6 is 0 Å². The van der Waals surface area contributed by atoms with Crippen molar-refractivity contribution in [2.75, 3.05) is 0 Å². The van der Waals surface area contributed by atoms with Crippen molar-refractivity contribution in [2.24, 2.45) is 5.92 Å². The molecule has 0 spiro atoms. The molecule has 1 aliphatic heterocycles. The monoisotopic (exact) mass is 194 g/mol. The molecule has 0 aromatic carbocycles. The highest BCUT2D eigenvalue weighted by Gasteiger charge is 2.33. The average molecular weight is 194 g/mol. The molecule has 1 heterocycles. The lowest BCUT2D eigenvalue weighted by Crippen LogP contribution is -2.16. The summed E-state index contributed by atoms with van der Waals surface area (Å²) in [5.41, 5.74) is 0. The first-order chi connectivity index (χ1) is 6.86. The Bertz CT molecular complexity index is 232. The molecule has 2 aliphatic rings. The van der Waals surface area contributed by atoms with Gasteiger partial charge in [0.05, 0.1) is 6.42 Å². The summed E-state index contributed by atoms with van der Waals surface area (Å²) in [6, 6.07) is 0. The maximum absolute atomic E-state index is 11.2. The van der Waals surface area contributed by atoms with Crippen molar-refractivity contribution < 1.29 is 9.53 Å². The predicted octanol–water partition coefficient (Wildman–Crippen LogP) is 2.83. The number of rotatable bonds is 0. The maximum Gasteiger partial charge on any atom is 0.306 e. The van der Waals surface area contributed by atoms with E-state index in [9.17, 15) is 4.79 Å². The fourth-order valence-electron chi connectivity index (χ4n) is 2.39. The Morgan fingerprint density at radius 3 is 2.93 bits per heavy atom. The number of hydrogen-bond acceptors (Lipinski definition) is 2. The largest absolute Gasteiger partial charge is 0.462 e. The minimum Gasteiger partial charge on any atom is -0.462 e. The zero-order valence-electron chi connectivity index (χ0n) is 8.58. The lowest BCUT2D eigenvalue weighted by molar-refractivity contribution is -0.141. The van der Waals surface area contributed by atoms with Gasteiger partial charge in [-0.15, -0.1) is 0 Å². The van der Waals surface area contributed by atoms with Crippen molar-refractivity contribution in [1.29, 1.82) is 0 Å². The molecule has 0 aromatic heterocycles. The van der Waals surface area contributed by atoms with Crippen LogP contribution in [0.25, 0.3) is 0 Å². The maximum atomic E-state index is 11.2. The first-order valence-corrected chi connectivity index (χ1v) is 5.71. The molecule has 2 heteroatoms. The summed E-state index contributed by atoms with van der Waals surface area (Å²) >= 11 is 0. The van der Waals surface area contributed by atoms with Crippen molar-refractivity contribution in [3.05, 3.63) is 12.2 Å². The second kappa shape index (κ2) is 4.63. The van der Waals surface area contributed by atoms with Crippen LogP contribution in [-0.2, 0) is 9.53 Å². The molecule has 0 bridgehead atoms. The lowest BCUT2D eigenvalue weighted by atomic mass is 9.91. The van der Waals surface area contributed by atoms with Crippen molar-refractivity contribution in [1.82, 2.24) is 0 Å². The molecule has 1 saturated heterocycles. The van der Waals surface area contributed by atoms with Crippen LogP contribution in [0.5, 0.6) is 0 Å². The Morgan fingerprint density at radius 1 is 1.14 bits per heavy atom. The second-order valence-electron chi connectivity index (χ2n) is 4.33. The summed E-state index contributed by atoms with van der Waals surface area (Å²) in [6.07, 6.45) is 12.3. The number of esters is 1. The Hall–Kier alpha value is -0.790. The summed E-state index contributed by atoms with van der Waals surface area (Å²) in [5.74, 6) is 0.508. The van der Waals surface area contributed by atoms with Gasteiger partial charge < -0.3 is 4.74 Å². The minimum absolute atomic E-state index is 0.0169. The van der Waals surface area contributed by atoms with Gasteiger partial charge in [-0.25, -0.2) is 0 Å². The molecule has 0 aromatic rings. The minimum atomic E-state index is 0.0169. The number of carbonyl (C=O) groups excluding carboxylic acids is 1. The van der Waals surface area contributed by atoms with E-state index in [2.05, 4.69) is 12.2 Å². The van der Waals surface area contributed by atoms with Crippen molar-refractivity contribution in [3.8, 4) is 0 Å². The molecule has 2 nitrogen and oxygen atoms in total. The van der Waals surface area contributed by atoms with Gasteiger partial charge in [0.2, 0.25) is 0 Å². The quantitative estimate of drug-likeness (QED) is 0.438. The summed E-state index contributed by atoms with van der Waals surface area (Å²) in [4.78, 5) is 11.2. The molecule has 0 N–H and O–H groups in total. The standard InChI is InChI=1S/C12H18O2/c13-12-9-10-7-5-3-1-2-4-6-8-11(10)14-12/h1,3,10-11H,2,4-9H2. The van der Waals surface area contributed by atoms with Gasteiger partial charge in [-0.05, 0) is 38.5 Å². The zero-order chi connectivity index (χ0) is 9.80. The van der Waals surface area contributed by atoms with Gasteiger partial charge >= 0.3 is 5.97 Å². The molecule has 0 saturated carbocycles. The zero-order valence-corrected chi connectivity index (χ0v) is 8.58. The van der Waals surface area contributed by atoms with Gasteiger partial charge in [0, 0.05) is 5.92 Å². The van der Waals surface area contributed by atoms with Crippen LogP contribution in [0.2, 0.25) is 0 Å². The molecule has 1 fully saturated rings. The van der Waals surface area contributed by atoms with E-state index in [1.54, 1.807) is 0 Å². The third-order valence-electron chi connectivity index (χ3n) is 3.22. The van der Waals surface area contributed by atoms with E-state index in [1.165, 1.54) is 19.3 Å². The SMILES string of the molecule is O=C1CC2CCC=CCCCCC2O1. The fraction of sp³-hybridized carbons (Fsp3) is 0.750. The van der Waals surface area contributed by atoms with Gasteiger partial charge in [-0.3, -0.25) is 4.79 Å². The highest BCUT2D eigenvalue weighted by atomic mass is 16.5. The molecule has 2 unspecified atom stereocenters. The number of allylic oxidation sites excluding steroid dienone is 2. The number of hydrogen-bond donors (Lipinski definition) is 0. The van der Waals surface area contributed by atoms with E-state index in [-0.39, 0.29) is 12.1 Å². The summed E-state index contributed by atoms with van der Waals surface area (Å²) in [5, 5.41) is 0. The summed E-state index contributed by atoms with van der Waals surface area (Å²) < 4.78 is 5.33. The first-order valence-electron chi connectivity index (χ1n) is 5.71. The van der Waals surface area contributed by atoms with Crippen molar-refractivity contribution in [2.45, 2.75) is 51.0 Å². The summed E-state index contributed by atoms with van der Waals surface area (Å²) in [7, 11) is 0. The third-order valence-corrected chi connectivity index (χ3v) is 3.22. The first kappa shape index (κ1) is 9.75. The lowest BCUT2D eigenvalue weighted by Gasteiger charge is -2.17. The van der Waals surface area contributed by atoms with E-state index in [0.717, 1.165) is 19.3 Å². The van der Waals surface area contributed by atoms with Crippen LogP contribution in [-0.4, -0.2) is 12.1 Å². The van der Waals surface area contributed by atoms with E-state index < -0.39 is 0 Å². The smallest absolute Gasteiger partial charge is 0.306 e. The topological polar surface area (TPSA) is 26.3 Å². The third kappa shape index (κ3) is 2.37. The van der Waals surface area contributed by atoms with Crippen LogP contribution in [0.3, 0.4) is 0 Å². The number of ether oxygens (including phenoxy) is 1. The Balaban J connectivity index is 1.95. The van der Waals surface area contributed by atoms with E-state index in [4.69, 9.17) is 4.74 Å². The highest BCUT2D eigenvalue weighted by molar-refractivity contribution is 5.72. The van der Waals surface area contributed by atoms with Crippen molar-refractivity contribution in [3.63, 3.8) is 0 Å². The van der Waals surface area contributed by atoms with Gasteiger partial charge in [0.25, 0.3) is 0 Å². The van der Waals surface area contributed by atoms with Crippen LogP contribution in [0.4, 0.5) is 0 Å². The normalized spacial score (nSPS) is 33.6. The Kier molecular flexibility index (Phi) is 3.22. The number of carbonyl (C=O) groups is 1. The van der Waals surface area contributed by atoms with E-state index >= 15 is 0 Å². The van der Waals surface area contributed by atoms with Gasteiger partial charge in [-0.1, -0.05) is 12.2 Å². The van der Waals surface area contributed by atoms with Crippen LogP contribution in [0.1, 0.15) is 44.9 Å². The summed E-state index contributed by atoms with van der Waals surface area (Å²) in [6.45, 7) is 0. The number of fused-ring (bicyclic) bond motifs is 1. The predicted molar refractivity (Wildman–Crippen MR) is 54.8 cm³/mol. The second-order valence-corrected chi connectivity index (χ2v) is 4.33. The molecule has 78 valence electrons. The van der Waals surface area contributed by atoms with Gasteiger partial charge in [0.1, 0.15) is 6.10 Å². The van der Waals surface area contributed by atoms with Crippen molar-refractivity contribution >= 4 is 5.97 Å². The molecule has 14 heavy (non-hydrogen) atoms. The van der Waals surface area contributed by atoms with Gasteiger partial charge in [0.15, 0.2) is 0 Å². The molecule has 2 atom stereocenters. The van der Waals surface area contributed by atoms with Crippen LogP contribution < -0.4 is 0 Å². The van der Waals surface area contributed by atoms with Crippen LogP contribution in [0, 0.1) is 5.92 Å². The van der Waals surface area contributed by atoms with E-state index in [0.29, 0.717) is 12.3 Å². The molecular weight excluding hydrogens is 176 g/mol. The van der Waals surface area contributed by atoms with E-state index in [1.807, 2.05) is 0 Å². The Morgan fingerprint density at radius 2 is 2.00 bits per heavy atom. The Labute approximate surface area is 85.3 Å². The molecule has 1 aliphatic carbocycles. The molecule has 0 amide bonds.